The number of aromatic nitrogens is 3. The Bertz CT molecular complexity index is 630. The fourth-order valence-electron chi connectivity index (χ4n) is 1.80. The average molecular weight is 350 g/mol. The normalized spacial score (nSPS) is 10.2. The van der Waals surface area contributed by atoms with Crippen LogP contribution >= 0.6 is 15.9 Å². The Kier molecular flexibility index (Phi) is 5.21. The lowest BCUT2D eigenvalue weighted by molar-refractivity contribution is 0.102. The number of amides is 1. The number of anilines is 2. The molecule has 0 aliphatic rings. The van der Waals surface area contributed by atoms with Crippen LogP contribution in [0.1, 0.15) is 29.4 Å². The summed E-state index contributed by atoms with van der Waals surface area (Å²) in [6.07, 6.45) is 4.83. The van der Waals surface area contributed by atoms with Crippen molar-refractivity contribution in [1.82, 2.24) is 15.0 Å². The molecule has 0 atom stereocenters. The van der Waals surface area contributed by atoms with E-state index >= 15 is 0 Å². The van der Waals surface area contributed by atoms with Gasteiger partial charge in [-0.3, -0.25) is 4.79 Å². The molecule has 0 aromatic carbocycles. The van der Waals surface area contributed by atoms with Crippen LogP contribution in [-0.2, 0) is 6.42 Å². The van der Waals surface area contributed by atoms with E-state index in [0.717, 1.165) is 18.5 Å². The Labute approximate surface area is 131 Å². The molecule has 110 valence electrons. The number of aryl methyl sites for hydroxylation is 1. The third kappa shape index (κ3) is 4.22. The molecule has 2 aromatic rings. The van der Waals surface area contributed by atoms with E-state index in [1.165, 1.54) is 12.4 Å². The number of hydrogen-bond donors (Lipinski definition) is 2. The molecule has 6 nitrogen and oxygen atoms in total. The van der Waals surface area contributed by atoms with Crippen LogP contribution in [0.15, 0.2) is 29.1 Å². The zero-order chi connectivity index (χ0) is 15.2. The molecule has 7 heteroatoms. The average Bonchev–Trinajstić information content (AvgIpc) is 2.49. The zero-order valence-corrected chi connectivity index (χ0v) is 13.4. The Balaban J connectivity index is 2.21. The second-order valence-electron chi connectivity index (χ2n) is 4.41. The van der Waals surface area contributed by atoms with Crippen LogP contribution in [0.4, 0.5) is 11.6 Å². The van der Waals surface area contributed by atoms with Gasteiger partial charge in [0.15, 0.2) is 5.82 Å². The molecular formula is C14H16BrN5O. The SMILES string of the molecule is CCCc1cc(C(=O)Nc2cnc(Br)cn2)cc(NC)n1. The van der Waals surface area contributed by atoms with E-state index in [1.807, 2.05) is 0 Å². The summed E-state index contributed by atoms with van der Waals surface area (Å²) in [5, 5.41) is 5.68. The first-order chi connectivity index (χ1) is 10.1. The van der Waals surface area contributed by atoms with Crippen molar-refractivity contribution in [2.45, 2.75) is 19.8 Å². The molecule has 0 aliphatic carbocycles. The molecule has 21 heavy (non-hydrogen) atoms. The zero-order valence-electron chi connectivity index (χ0n) is 11.9. The Morgan fingerprint density at radius 2 is 2.05 bits per heavy atom. The number of hydrogen-bond acceptors (Lipinski definition) is 5. The summed E-state index contributed by atoms with van der Waals surface area (Å²) in [4.78, 5) is 24.8. The predicted molar refractivity (Wildman–Crippen MR) is 85.5 cm³/mol. The number of nitrogens with zero attached hydrogens (tertiary/aromatic N) is 3. The molecule has 0 bridgehead atoms. The van der Waals surface area contributed by atoms with Crippen LogP contribution < -0.4 is 10.6 Å². The van der Waals surface area contributed by atoms with Gasteiger partial charge in [0.25, 0.3) is 5.91 Å². The van der Waals surface area contributed by atoms with Crippen LogP contribution in [0.25, 0.3) is 0 Å². The molecule has 0 saturated carbocycles. The van der Waals surface area contributed by atoms with Gasteiger partial charge < -0.3 is 10.6 Å². The number of pyridine rings is 1. The van der Waals surface area contributed by atoms with Crippen LogP contribution in [0.2, 0.25) is 0 Å². The summed E-state index contributed by atoms with van der Waals surface area (Å²) >= 11 is 3.20. The van der Waals surface area contributed by atoms with E-state index < -0.39 is 0 Å². The van der Waals surface area contributed by atoms with Crippen LogP contribution in [0, 0.1) is 0 Å². The second-order valence-corrected chi connectivity index (χ2v) is 5.22. The highest BCUT2D eigenvalue weighted by Crippen LogP contribution is 2.14. The first-order valence-electron chi connectivity index (χ1n) is 6.60. The molecule has 2 N–H and O–H groups in total. The summed E-state index contributed by atoms with van der Waals surface area (Å²) in [5.41, 5.74) is 1.43. The highest BCUT2D eigenvalue weighted by atomic mass is 79.9. The summed E-state index contributed by atoms with van der Waals surface area (Å²) in [6, 6.07) is 3.51. The van der Waals surface area contributed by atoms with E-state index in [-0.39, 0.29) is 5.91 Å². The highest BCUT2D eigenvalue weighted by molar-refractivity contribution is 9.10. The quantitative estimate of drug-likeness (QED) is 0.867. The molecule has 0 aliphatic heterocycles. The number of nitrogens with one attached hydrogen (secondary N) is 2. The minimum atomic E-state index is -0.233. The van der Waals surface area contributed by atoms with E-state index in [1.54, 1.807) is 19.2 Å². The van der Waals surface area contributed by atoms with Crippen molar-refractivity contribution in [3.63, 3.8) is 0 Å². The van der Waals surface area contributed by atoms with Gasteiger partial charge in [0.2, 0.25) is 0 Å². The monoisotopic (exact) mass is 349 g/mol. The van der Waals surface area contributed by atoms with Crippen molar-refractivity contribution >= 4 is 33.5 Å². The van der Waals surface area contributed by atoms with Crippen molar-refractivity contribution in [1.29, 1.82) is 0 Å². The van der Waals surface area contributed by atoms with Crippen molar-refractivity contribution in [2.75, 3.05) is 17.7 Å². The number of halogens is 1. The summed E-state index contributed by atoms with van der Waals surface area (Å²) in [7, 11) is 1.78. The van der Waals surface area contributed by atoms with Gasteiger partial charge in [-0.2, -0.15) is 0 Å². The lowest BCUT2D eigenvalue weighted by Crippen LogP contribution is -2.14. The molecule has 0 unspecified atom stereocenters. The molecule has 0 spiro atoms. The number of carbonyl (C=O) groups excluding carboxylic acids is 1. The van der Waals surface area contributed by atoms with E-state index in [9.17, 15) is 4.79 Å². The number of rotatable bonds is 5. The maximum absolute atomic E-state index is 12.3. The molecular weight excluding hydrogens is 334 g/mol. The minimum Gasteiger partial charge on any atom is -0.373 e. The van der Waals surface area contributed by atoms with E-state index in [2.05, 4.69) is 48.4 Å². The Morgan fingerprint density at radius 1 is 1.24 bits per heavy atom. The minimum absolute atomic E-state index is 0.233. The van der Waals surface area contributed by atoms with E-state index in [0.29, 0.717) is 21.8 Å². The van der Waals surface area contributed by atoms with Crippen LogP contribution in [0.5, 0.6) is 0 Å². The molecule has 2 heterocycles. The van der Waals surface area contributed by atoms with Gasteiger partial charge in [0, 0.05) is 18.3 Å². The maximum Gasteiger partial charge on any atom is 0.257 e. The Morgan fingerprint density at radius 3 is 2.67 bits per heavy atom. The lowest BCUT2D eigenvalue weighted by Gasteiger charge is -2.08. The summed E-state index contributed by atoms with van der Waals surface area (Å²) < 4.78 is 0.618. The van der Waals surface area contributed by atoms with E-state index in [4.69, 9.17) is 0 Å². The third-order valence-corrected chi connectivity index (χ3v) is 3.17. The van der Waals surface area contributed by atoms with Gasteiger partial charge in [0.05, 0.1) is 12.4 Å². The molecule has 0 fully saturated rings. The lowest BCUT2D eigenvalue weighted by atomic mass is 10.1. The van der Waals surface area contributed by atoms with Crippen molar-refractivity contribution in [3.8, 4) is 0 Å². The largest absolute Gasteiger partial charge is 0.373 e. The van der Waals surface area contributed by atoms with Crippen LogP contribution in [-0.4, -0.2) is 27.9 Å². The first kappa shape index (κ1) is 15.4. The maximum atomic E-state index is 12.3. The molecule has 0 saturated heterocycles. The second kappa shape index (κ2) is 7.12. The Hall–Kier alpha value is -2.02. The van der Waals surface area contributed by atoms with Crippen LogP contribution in [0.3, 0.4) is 0 Å². The van der Waals surface area contributed by atoms with Gasteiger partial charge in [0.1, 0.15) is 10.4 Å². The third-order valence-electron chi connectivity index (χ3n) is 2.76. The number of carbonyl (C=O) groups is 1. The summed E-state index contributed by atoms with van der Waals surface area (Å²) in [5.74, 6) is 0.846. The fourth-order valence-corrected chi connectivity index (χ4v) is 2.00. The van der Waals surface area contributed by atoms with Crippen molar-refractivity contribution < 1.29 is 4.79 Å². The van der Waals surface area contributed by atoms with Gasteiger partial charge in [-0.25, -0.2) is 15.0 Å². The predicted octanol–water partition coefficient (Wildman–Crippen LogP) is 2.88. The smallest absolute Gasteiger partial charge is 0.257 e. The highest BCUT2D eigenvalue weighted by Gasteiger charge is 2.10. The van der Waals surface area contributed by atoms with Gasteiger partial charge in [-0.1, -0.05) is 13.3 Å². The molecule has 0 radical (unpaired) electrons. The molecule has 2 rings (SSSR count). The van der Waals surface area contributed by atoms with Gasteiger partial charge >= 0.3 is 0 Å². The summed E-state index contributed by atoms with van der Waals surface area (Å²) in [6.45, 7) is 2.07. The molecule has 2 aromatic heterocycles. The standard InChI is InChI=1S/C14H16BrN5O/c1-3-4-10-5-9(6-12(16-2)19-10)14(21)20-13-8-17-11(15)7-18-13/h5-8H,3-4H2,1-2H3,(H,16,19)(H,18,20,21). The van der Waals surface area contributed by atoms with Gasteiger partial charge in [-0.05, 0) is 34.5 Å². The first-order valence-corrected chi connectivity index (χ1v) is 7.39. The van der Waals surface area contributed by atoms with Crippen molar-refractivity contribution in [2.24, 2.45) is 0 Å². The van der Waals surface area contributed by atoms with Gasteiger partial charge in [-0.15, -0.1) is 0 Å². The topological polar surface area (TPSA) is 79.8 Å². The molecule has 1 amide bonds. The van der Waals surface area contributed by atoms with Crippen molar-refractivity contribution in [3.05, 3.63) is 40.4 Å². The fraction of sp³-hybridized carbons (Fsp3) is 0.286.